The van der Waals surface area contributed by atoms with Gasteiger partial charge in [-0.05, 0) is 29.8 Å². The van der Waals surface area contributed by atoms with Gasteiger partial charge in [0.25, 0.3) is 0 Å². The third kappa shape index (κ3) is 4.97. The highest BCUT2D eigenvalue weighted by Gasteiger charge is 2.29. The average molecular weight is 371 g/mol. The molecule has 1 heterocycles. The van der Waals surface area contributed by atoms with Gasteiger partial charge in [-0.15, -0.1) is 0 Å². The van der Waals surface area contributed by atoms with Gasteiger partial charge in [0.2, 0.25) is 5.91 Å². The number of para-hydroxylation sites is 2. The Morgan fingerprint density at radius 2 is 1.96 bits per heavy atom. The number of ether oxygens (including phenoxy) is 1. The molecule has 0 aliphatic carbocycles. The van der Waals surface area contributed by atoms with E-state index in [1.807, 2.05) is 6.07 Å². The number of carbonyl (C=O) groups is 2. The SMILES string of the molecule is COc1ccccc1NC(=O)NCC1CC(=O)N(Cc2ccc(F)cc2)C1. The van der Waals surface area contributed by atoms with Crippen LogP contribution in [0.15, 0.2) is 48.5 Å². The van der Waals surface area contributed by atoms with E-state index in [0.29, 0.717) is 37.5 Å². The Bertz CT molecular complexity index is 810. The standard InChI is InChI=1S/C20H22FN3O3/c1-27-18-5-3-2-4-17(18)23-20(26)22-11-15-10-19(25)24(13-15)12-14-6-8-16(21)9-7-14/h2-9,15H,10-13H2,1H3,(H2,22,23,26). The molecular formula is C20H22FN3O3. The van der Waals surface area contributed by atoms with E-state index in [1.165, 1.54) is 19.2 Å². The molecule has 0 saturated carbocycles. The molecule has 0 radical (unpaired) electrons. The lowest BCUT2D eigenvalue weighted by atomic mass is 10.1. The van der Waals surface area contributed by atoms with Crippen molar-refractivity contribution in [3.05, 3.63) is 59.9 Å². The van der Waals surface area contributed by atoms with Crippen LogP contribution in [0.5, 0.6) is 5.75 Å². The molecule has 1 unspecified atom stereocenters. The largest absolute Gasteiger partial charge is 0.495 e. The predicted molar refractivity (Wildman–Crippen MR) is 99.9 cm³/mol. The van der Waals surface area contributed by atoms with Crippen LogP contribution in [-0.2, 0) is 11.3 Å². The number of hydrogen-bond donors (Lipinski definition) is 2. The molecule has 2 N–H and O–H groups in total. The number of urea groups is 1. The summed E-state index contributed by atoms with van der Waals surface area (Å²) in [6.45, 7) is 1.40. The van der Waals surface area contributed by atoms with Crippen LogP contribution in [0.3, 0.4) is 0 Å². The minimum Gasteiger partial charge on any atom is -0.495 e. The van der Waals surface area contributed by atoms with Crippen molar-refractivity contribution in [3.63, 3.8) is 0 Å². The van der Waals surface area contributed by atoms with Crippen LogP contribution in [0.1, 0.15) is 12.0 Å². The molecule has 1 atom stereocenters. The number of benzene rings is 2. The molecule has 0 aromatic heterocycles. The molecule has 0 bridgehead atoms. The van der Waals surface area contributed by atoms with Crippen LogP contribution in [0.2, 0.25) is 0 Å². The predicted octanol–water partition coefficient (Wildman–Crippen LogP) is 3.00. The Balaban J connectivity index is 1.48. The van der Waals surface area contributed by atoms with Gasteiger partial charge in [-0.3, -0.25) is 4.79 Å². The van der Waals surface area contributed by atoms with E-state index in [2.05, 4.69) is 10.6 Å². The number of carbonyl (C=O) groups excluding carboxylic acids is 2. The van der Waals surface area contributed by atoms with E-state index in [9.17, 15) is 14.0 Å². The number of halogens is 1. The Morgan fingerprint density at radius 1 is 1.22 bits per heavy atom. The van der Waals surface area contributed by atoms with Crippen LogP contribution in [-0.4, -0.2) is 37.0 Å². The molecule has 3 amide bonds. The molecule has 2 aromatic rings. The zero-order chi connectivity index (χ0) is 19.2. The molecular weight excluding hydrogens is 349 g/mol. The van der Waals surface area contributed by atoms with E-state index in [0.717, 1.165) is 5.56 Å². The van der Waals surface area contributed by atoms with Crippen molar-refractivity contribution in [3.8, 4) is 5.75 Å². The minimum atomic E-state index is -0.344. The zero-order valence-electron chi connectivity index (χ0n) is 15.1. The molecule has 142 valence electrons. The summed E-state index contributed by atoms with van der Waals surface area (Å²) in [5.41, 5.74) is 1.46. The van der Waals surface area contributed by atoms with Gasteiger partial charge in [-0.2, -0.15) is 0 Å². The van der Waals surface area contributed by atoms with Crippen molar-refractivity contribution in [2.45, 2.75) is 13.0 Å². The van der Waals surface area contributed by atoms with Gasteiger partial charge in [0.15, 0.2) is 0 Å². The lowest BCUT2D eigenvalue weighted by molar-refractivity contribution is -0.128. The minimum absolute atomic E-state index is 0.0382. The summed E-state index contributed by atoms with van der Waals surface area (Å²) in [4.78, 5) is 26.0. The molecule has 3 rings (SSSR count). The first-order chi connectivity index (χ1) is 13.0. The number of hydrogen-bond acceptors (Lipinski definition) is 3. The van der Waals surface area contributed by atoms with Crippen LogP contribution < -0.4 is 15.4 Å². The number of nitrogens with zero attached hydrogens (tertiary/aromatic N) is 1. The number of nitrogens with one attached hydrogen (secondary N) is 2. The van der Waals surface area contributed by atoms with Gasteiger partial charge in [-0.25, -0.2) is 9.18 Å². The summed E-state index contributed by atoms with van der Waals surface area (Å²) >= 11 is 0. The highest BCUT2D eigenvalue weighted by atomic mass is 19.1. The smallest absolute Gasteiger partial charge is 0.319 e. The van der Waals surface area contributed by atoms with Crippen molar-refractivity contribution in [2.75, 3.05) is 25.5 Å². The lowest BCUT2D eigenvalue weighted by Gasteiger charge is -2.17. The molecule has 1 fully saturated rings. The Kier molecular flexibility index (Phi) is 5.90. The summed E-state index contributed by atoms with van der Waals surface area (Å²) in [6, 6.07) is 12.9. The first-order valence-corrected chi connectivity index (χ1v) is 8.75. The van der Waals surface area contributed by atoms with E-state index >= 15 is 0 Å². The van der Waals surface area contributed by atoms with E-state index in [4.69, 9.17) is 4.74 Å². The molecule has 7 heteroatoms. The topological polar surface area (TPSA) is 70.7 Å². The van der Waals surface area contributed by atoms with Crippen molar-refractivity contribution in [1.82, 2.24) is 10.2 Å². The highest BCUT2D eigenvalue weighted by molar-refractivity contribution is 5.91. The van der Waals surface area contributed by atoms with Crippen LogP contribution in [0, 0.1) is 11.7 Å². The maximum absolute atomic E-state index is 13.0. The van der Waals surface area contributed by atoms with E-state index < -0.39 is 0 Å². The number of methoxy groups -OCH3 is 1. The lowest BCUT2D eigenvalue weighted by Crippen LogP contribution is -2.34. The van der Waals surface area contributed by atoms with Gasteiger partial charge in [0, 0.05) is 32.0 Å². The van der Waals surface area contributed by atoms with Crippen LogP contribution >= 0.6 is 0 Å². The maximum Gasteiger partial charge on any atom is 0.319 e. The number of rotatable bonds is 6. The van der Waals surface area contributed by atoms with Gasteiger partial charge < -0.3 is 20.3 Å². The summed E-state index contributed by atoms with van der Waals surface area (Å²) in [7, 11) is 1.54. The Hall–Kier alpha value is -3.09. The summed E-state index contributed by atoms with van der Waals surface area (Å²) in [5.74, 6) is 0.362. The van der Waals surface area contributed by atoms with Crippen molar-refractivity contribution >= 4 is 17.6 Å². The normalized spacial score (nSPS) is 16.3. The van der Waals surface area contributed by atoms with Crippen molar-refractivity contribution < 1.29 is 18.7 Å². The second-order valence-electron chi connectivity index (χ2n) is 6.51. The van der Waals surface area contributed by atoms with Crippen LogP contribution in [0.25, 0.3) is 0 Å². The molecule has 6 nitrogen and oxygen atoms in total. The zero-order valence-corrected chi connectivity index (χ0v) is 15.1. The second-order valence-corrected chi connectivity index (χ2v) is 6.51. The molecule has 0 spiro atoms. The molecule has 2 aromatic carbocycles. The van der Waals surface area contributed by atoms with Gasteiger partial charge in [0.05, 0.1) is 12.8 Å². The third-order valence-corrected chi connectivity index (χ3v) is 4.49. The molecule has 1 aliphatic rings. The Morgan fingerprint density at radius 3 is 2.70 bits per heavy atom. The molecule has 27 heavy (non-hydrogen) atoms. The number of likely N-dealkylation sites (tertiary alicyclic amines) is 1. The van der Waals surface area contributed by atoms with Gasteiger partial charge >= 0.3 is 6.03 Å². The fraction of sp³-hybridized carbons (Fsp3) is 0.300. The summed E-state index contributed by atoms with van der Waals surface area (Å²) < 4.78 is 18.2. The van der Waals surface area contributed by atoms with E-state index in [-0.39, 0.29) is 23.7 Å². The first kappa shape index (κ1) is 18.7. The maximum atomic E-state index is 13.0. The average Bonchev–Trinajstić information content (AvgIpc) is 3.02. The number of anilines is 1. The fourth-order valence-electron chi connectivity index (χ4n) is 3.11. The molecule has 1 saturated heterocycles. The van der Waals surface area contributed by atoms with Crippen LogP contribution in [0.4, 0.5) is 14.9 Å². The highest BCUT2D eigenvalue weighted by Crippen LogP contribution is 2.23. The second kappa shape index (κ2) is 8.53. The van der Waals surface area contributed by atoms with E-state index in [1.54, 1.807) is 35.2 Å². The quantitative estimate of drug-likeness (QED) is 0.820. The van der Waals surface area contributed by atoms with Crippen molar-refractivity contribution in [2.24, 2.45) is 5.92 Å². The van der Waals surface area contributed by atoms with Gasteiger partial charge in [-0.1, -0.05) is 24.3 Å². The summed E-state index contributed by atoms with van der Waals surface area (Å²) in [6.07, 6.45) is 0.385. The summed E-state index contributed by atoms with van der Waals surface area (Å²) in [5, 5.41) is 5.55. The van der Waals surface area contributed by atoms with Gasteiger partial charge in [0.1, 0.15) is 11.6 Å². The fourth-order valence-corrected chi connectivity index (χ4v) is 3.11. The monoisotopic (exact) mass is 371 g/mol. The molecule has 1 aliphatic heterocycles. The Labute approximate surface area is 157 Å². The number of amides is 3. The third-order valence-electron chi connectivity index (χ3n) is 4.49. The first-order valence-electron chi connectivity index (χ1n) is 8.75. The van der Waals surface area contributed by atoms with Crippen molar-refractivity contribution in [1.29, 1.82) is 0 Å².